The van der Waals surface area contributed by atoms with Gasteiger partial charge in [-0.05, 0) is 74.8 Å². The number of piperazine rings is 1. The van der Waals surface area contributed by atoms with Crippen molar-refractivity contribution in [3.63, 3.8) is 0 Å². The Balaban J connectivity index is 1.30. The molecule has 3 aliphatic heterocycles. The molecule has 3 aliphatic rings. The van der Waals surface area contributed by atoms with Crippen LogP contribution in [0.1, 0.15) is 83.0 Å². The van der Waals surface area contributed by atoms with E-state index in [2.05, 4.69) is 24.1 Å². The van der Waals surface area contributed by atoms with Gasteiger partial charge in [-0.15, -0.1) is 0 Å². The minimum atomic E-state index is -0.755. The number of nitrogens with zero attached hydrogens (tertiary/aromatic N) is 3. The molecule has 2 fully saturated rings. The van der Waals surface area contributed by atoms with Gasteiger partial charge >= 0.3 is 6.09 Å². The zero-order valence-corrected chi connectivity index (χ0v) is 29.4. The quantitative estimate of drug-likeness (QED) is 0.354. The van der Waals surface area contributed by atoms with Crippen LogP contribution in [0.2, 0.25) is 5.02 Å². The Hall–Kier alpha value is -3.14. The van der Waals surface area contributed by atoms with Crippen molar-refractivity contribution < 1.29 is 23.9 Å². The van der Waals surface area contributed by atoms with Gasteiger partial charge < -0.3 is 19.7 Å². The lowest BCUT2D eigenvalue weighted by Gasteiger charge is -2.50. The third kappa shape index (κ3) is 8.86. The molecule has 3 heterocycles. The summed E-state index contributed by atoms with van der Waals surface area (Å²) in [5.74, 6) is 0.197. The molecule has 47 heavy (non-hydrogen) atoms. The Labute approximate surface area is 284 Å². The summed E-state index contributed by atoms with van der Waals surface area (Å²) in [5.41, 5.74) is 2.26. The maximum absolute atomic E-state index is 14.2. The number of ether oxygens (including phenoxy) is 2. The van der Waals surface area contributed by atoms with E-state index < -0.39 is 23.8 Å². The summed E-state index contributed by atoms with van der Waals surface area (Å²) in [6, 6.07) is 13.9. The maximum atomic E-state index is 14.2. The number of hydrogen-bond donors (Lipinski definition) is 1. The number of hydrogen-bond acceptors (Lipinski definition) is 6. The Morgan fingerprint density at radius 3 is 2.30 bits per heavy atom. The van der Waals surface area contributed by atoms with E-state index in [9.17, 15) is 14.4 Å². The van der Waals surface area contributed by atoms with Gasteiger partial charge in [0.05, 0.1) is 12.5 Å². The Bertz CT molecular complexity index is 1390. The molecule has 2 aromatic rings. The first-order valence-corrected chi connectivity index (χ1v) is 17.4. The van der Waals surface area contributed by atoms with Crippen LogP contribution in [0.4, 0.5) is 4.79 Å². The van der Waals surface area contributed by atoms with Gasteiger partial charge in [0.2, 0.25) is 11.8 Å². The van der Waals surface area contributed by atoms with E-state index >= 15 is 0 Å². The van der Waals surface area contributed by atoms with E-state index in [4.69, 9.17) is 21.1 Å². The van der Waals surface area contributed by atoms with Crippen molar-refractivity contribution in [2.45, 2.75) is 96.5 Å². The summed E-state index contributed by atoms with van der Waals surface area (Å²) in [6.07, 6.45) is 3.04. The number of amides is 3. The number of carbonyl (C=O) groups excluding carboxylic acids is 3. The highest BCUT2D eigenvalue weighted by molar-refractivity contribution is 6.30. The molecule has 2 saturated heterocycles. The van der Waals surface area contributed by atoms with E-state index in [0.29, 0.717) is 37.0 Å². The summed E-state index contributed by atoms with van der Waals surface area (Å²) < 4.78 is 11.4. The van der Waals surface area contributed by atoms with Gasteiger partial charge in [-0.25, -0.2) is 4.79 Å². The largest absolute Gasteiger partial charge is 0.444 e. The molecular formula is C37H51ClN4O5. The highest BCUT2D eigenvalue weighted by Gasteiger charge is 2.42. The normalized spacial score (nSPS) is 20.5. The van der Waals surface area contributed by atoms with E-state index in [1.54, 1.807) is 17.0 Å². The van der Waals surface area contributed by atoms with Crippen molar-refractivity contribution in [3.05, 3.63) is 70.2 Å². The molecule has 5 rings (SSSR count). The van der Waals surface area contributed by atoms with E-state index in [1.807, 2.05) is 62.1 Å². The van der Waals surface area contributed by atoms with Crippen molar-refractivity contribution in [2.75, 3.05) is 39.4 Å². The molecule has 0 aromatic heterocycles. The van der Waals surface area contributed by atoms with Crippen LogP contribution in [-0.2, 0) is 32.0 Å². The van der Waals surface area contributed by atoms with Gasteiger partial charge in [-0.1, -0.05) is 61.8 Å². The zero-order chi connectivity index (χ0) is 33.8. The van der Waals surface area contributed by atoms with Crippen molar-refractivity contribution >= 4 is 29.5 Å². The maximum Gasteiger partial charge on any atom is 0.411 e. The molecule has 10 heteroatoms. The Kier molecular flexibility index (Phi) is 11.2. The number of rotatable bonds is 9. The monoisotopic (exact) mass is 666 g/mol. The van der Waals surface area contributed by atoms with E-state index in [0.717, 1.165) is 62.3 Å². The first-order valence-electron chi connectivity index (χ1n) is 17.1. The van der Waals surface area contributed by atoms with Crippen LogP contribution in [0.15, 0.2) is 48.5 Å². The van der Waals surface area contributed by atoms with Crippen LogP contribution in [0.5, 0.6) is 0 Å². The average molecular weight is 667 g/mol. The van der Waals surface area contributed by atoms with E-state index in [-0.39, 0.29) is 23.8 Å². The van der Waals surface area contributed by atoms with Gasteiger partial charge in [0.1, 0.15) is 11.6 Å². The first-order chi connectivity index (χ1) is 22.3. The molecule has 256 valence electrons. The third-order valence-electron chi connectivity index (χ3n) is 9.60. The lowest BCUT2D eigenvalue weighted by molar-refractivity contribution is -0.140. The minimum Gasteiger partial charge on any atom is -0.444 e. The van der Waals surface area contributed by atoms with Gasteiger partial charge in [-0.3, -0.25) is 19.4 Å². The fourth-order valence-corrected chi connectivity index (χ4v) is 7.59. The Morgan fingerprint density at radius 1 is 1.00 bits per heavy atom. The van der Waals surface area contributed by atoms with Crippen molar-refractivity contribution in [3.8, 4) is 0 Å². The highest BCUT2D eigenvalue weighted by atomic mass is 35.5. The van der Waals surface area contributed by atoms with Gasteiger partial charge in [0.15, 0.2) is 0 Å². The van der Waals surface area contributed by atoms with Crippen molar-refractivity contribution in [1.82, 2.24) is 20.0 Å². The fraction of sp³-hybridized carbons (Fsp3) is 0.595. The standard InChI is InChI=1S/C37H51ClN4O5/c1-26(2)24-37(14-20-46-21-15-37)41-18-16-40(17-19-41)34(44)31(22-27-10-12-29(38)13-11-27)39-33(43)23-32-30-9-7-6-8-28(30)25-42(32)35(45)47-36(3,4)5/h6-13,26,31-32H,14-25H2,1-5H3,(H,39,43)/t31-,32?/m1/s1. The molecule has 0 radical (unpaired) electrons. The molecule has 1 unspecified atom stereocenters. The Morgan fingerprint density at radius 2 is 1.66 bits per heavy atom. The fourth-order valence-electron chi connectivity index (χ4n) is 7.46. The lowest BCUT2D eigenvalue weighted by atomic mass is 9.80. The van der Waals surface area contributed by atoms with Gasteiger partial charge in [-0.2, -0.15) is 0 Å². The molecule has 2 aromatic carbocycles. The van der Waals surface area contributed by atoms with Crippen LogP contribution in [0.3, 0.4) is 0 Å². The molecule has 1 N–H and O–H groups in total. The van der Waals surface area contributed by atoms with Crippen LogP contribution in [0, 0.1) is 5.92 Å². The third-order valence-corrected chi connectivity index (χ3v) is 9.85. The van der Waals surface area contributed by atoms with E-state index in [1.165, 1.54) is 0 Å². The molecule has 3 amide bonds. The average Bonchev–Trinajstić information content (AvgIpc) is 3.39. The second-order valence-corrected chi connectivity index (χ2v) is 15.2. The molecular weight excluding hydrogens is 616 g/mol. The molecule has 2 atom stereocenters. The van der Waals surface area contributed by atoms with Gasteiger partial charge in [0.25, 0.3) is 0 Å². The number of carbonyl (C=O) groups is 3. The van der Waals surface area contributed by atoms with Crippen molar-refractivity contribution in [1.29, 1.82) is 0 Å². The first kappa shape index (κ1) is 35.2. The summed E-state index contributed by atoms with van der Waals surface area (Å²) in [7, 11) is 0. The van der Waals surface area contributed by atoms with Crippen LogP contribution < -0.4 is 5.32 Å². The molecule has 9 nitrogen and oxygen atoms in total. The second kappa shape index (κ2) is 15.0. The molecule has 0 saturated carbocycles. The highest BCUT2D eigenvalue weighted by Crippen LogP contribution is 2.37. The number of fused-ring (bicyclic) bond motifs is 1. The predicted molar refractivity (Wildman–Crippen MR) is 183 cm³/mol. The summed E-state index contributed by atoms with van der Waals surface area (Å²) in [6.45, 7) is 14.8. The summed E-state index contributed by atoms with van der Waals surface area (Å²) in [5, 5.41) is 3.69. The molecule has 0 aliphatic carbocycles. The van der Waals surface area contributed by atoms with Crippen LogP contribution in [-0.4, -0.2) is 89.2 Å². The second-order valence-electron chi connectivity index (χ2n) is 14.7. The number of halogens is 1. The minimum absolute atomic E-state index is 0.0220. The SMILES string of the molecule is CC(C)CC1(N2CCN(C(=O)[C@@H](Cc3ccc(Cl)cc3)NC(=O)CC3c4ccccc4CN3C(=O)OC(C)(C)C)CC2)CCOCC1. The smallest absolute Gasteiger partial charge is 0.411 e. The van der Waals surface area contributed by atoms with Crippen LogP contribution >= 0.6 is 11.6 Å². The number of nitrogens with one attached hydrogen (secondary N) is 1. The molecule has 0 bridgehead atoms. The van der Waals surface area contributed by atoms with Crippen LogP contribution in [0.25, 0.3) is 0 Å². The predicted octanol–water partition coefficient (Wildman–Crippen LogP) is 5.99. The van der Waals surface area contributed by atoms with Gasteiger partial charge in [0, 0.05) is 62.9 Å². The van der Waals surface area contributed by atoms with Crippen molar-refractivity contribution in [2.24, 2.45) is 5.92 Å². The lowest BCUT2D eigenvalue weighted by Crippen LogP contribution is -2.62. The topological polar surface area (TPSA) is 91.4 Å². The summed E-state index contributed by atoms with van der Waals surface area (Å²) in [4.78, 5) is 47.3. The zero-order valence-electron chi connectivity index (χ0n) is 28.6. The molecule has 0 spiro atoms. The number of benzene rings is 2. The summed E-state index contributed by atoms with van der Waals surface area (Å²) >= 11 is 6.15.